The Kier molecular flexibility index (Phi) is 6.39. The maximum Gasteiger partial charge on any atom is 0.269 e. The fourth-order valence-corrected chi connectivity index (χ4v) is 2.23. The topological polar surface area (TPSA) is 76.7 Å². The van der Waals surface area contributed by atoms with Crippen LogP contribution in [0.1, 0.15) is 27.9 Å². The van der Waals surface area contributed by atoms with Crippen molar-refractivity contribution in [1.82, 2.24) is 10.9 Å². The molecule has 25 heavy (non-hydrogen) atoms. The van der Waals surface area contributed by atoms with Gasteiger partial charge in [-0.1, -0.05) is 17.7 Å². The van der Waals surface area contributed by atoms with Crippen LogP contribution in [0.15, 0.2) is 42.5 Å². The van der Waals surface area contributed by atoms with Crippen molar-refractivity contribution in [2.45, 2.75) is 19.8 Å². The van der Waals surface area contributed by atoms with Crippen LogP contribution in [0.25, 0.3) is 0 Å². The molecule has 0 aliphatic carbocycles. The van der Waals surface area contributed by atoms with Gasteiger partial charge in [-0.25, -0.2) is 0 Å². The van der Waals surface area contributed by atoms with E-state index >= 15 is 0 Å². The summed E-state index contributed by atoms with van der Waals surface area (Å²) in [6.45, 7) is 1.94. The lowest BCUT2D eigenvalue weighted by molar-refractivity contribution is -0.121. The van der Waals surface area contributed by atoms with E-state index in [0.717, 1.165) is 11.1 Å². The zero-order valence-electron chi connectivity index (χ0n) is 14.6. The fourth-order valence-electron chi connectivity index (χ4n) is 2.23. The van der Waals surface area contributed by atoms with Gasteiger partial charge in [0.15, 0.2) is 0 Å². The highest BCUT2D eigenvalue weighted by atomic mass is 16.5. The fraction of sp³-hybridized carbons (Fsp3) is 0.263. The number of amides is 2. The van der Waals surface area contributed by atoms with Crippen LogP contribution in [0.3, 0.4) is 0 Å². The molecule has 0 spiro atoms. The minimum atomic E-state index is -0.351. The summed E-state index contributed by atoms with van der Waals surface area (Å²) >= 11 is 0. The van der Waals surface area contributed by atoms with Gasteiger partial charge < -0.3 is 9.47 Å². The number of aryl methyl sites for hydroxylation is 2. The molecule has 0 atom stereocenters. The molecule has 132 valence electrons. The molecule has 0 bridgehead atoms. The van der Waals surface area contributed by atoms with Crippen molar-refractivity contribution in [1.29, 1.82) is 0 Å². The summed E-state index contributed by atoms with van der Waals surface area (Å²) in [5.41, 5.74) is 7.30. The molecule has 0 unspecified atom stereocenters. The number of ether oxygens (including phenoxy) is 2. The number of nitrogens with one attached hydrogen (secondary N) is 2. The summed E-state index contributed by atoms with van der Waals surface area (Å²) in [6.07, 6.45) is 0.726. The third-order valence-electron chi connectivity index (χ3n) is 3.68. The van der Waals surface area contributed by atoms with E-state index in [2.05, 4.69) is 10.9 Å². The van der Waals surface area contributed by atoms with E-state index in [4.69, 9.17) is 9.47 Å². The van der Waals surface area contributed by atoms with E-state index in [0.29, 0.717) is 23.5 Å². The monoisotopic (exact) mass is 342 g/mol. The molecule has 2 aromatic rings. The van der Waals surface area contributed by atoms with Gasteiger partial charge in [0.2, 0.25) is 5.91 Å². The van der Waals surface area contributed by atoms with Gasteiger partial charge in [-0.3, -0.25) is 20.4 Å². The molecule has 2 rings (SSSR count). The Morgan fingerprint density at radius 3 is 2.08 bits per heavy atom. The van der Waals surface area contributed by atoms with E-state index in [-0.39, 0.29) is 18.2 Å². The van der Waals surface area contributed by atoms with Gasteiger partial charge in [-0.15, -0.1) is 0 Å². The first-order valence-corrected chi connectivity index (χ1v) is 7.89. The van der Waals surface area contributed by atoms with E-state index in [1.165, 1.54) is 0 Å². The summed E-state index contributed by atoms with van der Waals surface area (Å²) in [6, 6.07) is 12.6. The van der Waals surface area contributed by atoms with Crippen molar-refractivity contribution in [3.8, 4) is 11.5 Å². The number of carbonyl (C=O) groups excluding carboxylic acids is 2. The Balaban J connectivity index is 1.84. The zero-order valence-corrected chi connectivity index (χ0v) is 14.6. The lowest BCUT2D eigenvalue weighted by atomic mass is 10.1. The standard InChI is InChI=1S/C19H22N2O4/c1-13-4-7-15(8-5-13)19(23)21-20-18(22)9-6-14-10-16(24-2)12-17(11-14)25-3/h4-5,7-8,10-12H,6,9H2,1-3H3,(H,20,22)(H,21,23). The smallest absolute Gasteiger partial charge is 0.269 e. The third kappa shape index (κ3) is 5.53. The molecule has 0 aromatic heterocycles. The zero-order chi connectivity index (χ0) is 18.2. The molecule has 0 fully saturated rings. The van der Waals surface area contributed by atoms with Crippen LogP contribution in [0, 0.1) is 6.92 Å². The highest BCUT2D eigenvalue weighted by molar-refractivity contribution is 5.95. The van der Waals surface area contributed by atoms with Crippen molar-refractivity contribution in [2.24, 2.45) is 0 Å². The second-order valence-electron chi connectivity index (χ2n) is 5.59. The number of rotatable bonds is 6. The Hall–Kier alpha value is -3.02. The highest BCUT2D eigenvalue weighted by Crippen LogP contribution is 2.23. The molecular formula is C19H22N2O4. The quantitative estimate of drug-likeness (QED) is 0.791. The number of methoxy groups -OCH3 is 2. The molecule has 0 saturated heterocycles. The molecule has 2 N–H and O–H groups in total. The van der Waals surface area contributed by atoms with Crippen molar-refractivity contribution in [3.05, 3.63) is 59.2 Å². The SMILES string of the molecule is COc1cc(CCC(=O)NNC(=O)c2ccc(C)cc2)cc(OC)c1. The number of hydrazine groups is 1. The second-order valence-corrected chi connectivity index (χ2v) is 5.59. The Labute approximate surface area is 147 Å². The molecule has 2 aromatic carbocycles. The Morgan fingerprint density at radius 1 is 0.920 bits per heavy atom. The van der Waals surface area contributed by atoms with Crippen LogP contribution in [-0.4, -0.2) is 26.0 Å². The number of hydrogen-bond acceptors (Lipinski definition) is 4. The summed E-state index contributed by atoms with van der Waals surface area (Å²) < 4.78 is 10.4. The van der Waals surface area contributed by atoms with Crippen LogP contribution in [0.4, 0.5) is 0 Å². The van der Waals surface area contributed by atoms with E-state index in [9.17, 15) is 9.59 Å². The minimum Gasteiger partial charge on any atom is -0.497 e. The molecule has 2 amide bonds. The summed E-state index contributed by atoms with van der Waals surface area (Å²) in [7, 11) is 3.15. The van der Waals surface area contributed by atoms with Crippen LogP contribution in [0.2, 0.25) is 0 Å². The predicted molar refractivity (Wildman–Crippen MR) is 94.7 cm³/mol. The molecule has 0 heterocycles. The van der Waals surface area contributed by atoms with Crippen molar-refractivity contribution in [3.63, 3.8) is 0 Å². The molecule has 6 nitrogen and oxygen atoms in total. The Bertz CT molecular complexity index is 719. The van der Waals surface area contributed by atoms with Gasteiger partial charge in [-0.05, 0) is 43.2 Å². The van der Waals surface area contributed by atoms with Gasteiger partial charge in [0.25, 0.3) is 5.91 Å². The van der Waals surface area contributed by atoms with Crippen LogP contribution in [-0.2, 0) is 11.2 Å². The predicted octanol–water partition coefficient (Wildman–Crippen LogP) is 2.41. The minimum absolute atomic E-state index is 0.227. The van der Waals surface area contributed by atoms with E-state index in [1.807, 2.05) is 31.2 Å². The van der Waals surface area contributed by atoms with Crippen LogP contribution in [0.5, 0.6) is 11.5 Å². The first-order valence-electron chi connectivity index (χ1n) is 7.89. The molecule has 0 saturated carbocycles. The van der Waals surface area contributed by atoms with Crippen molar-refractivity contribution >= 4 is 11.8 Å². The molecule has 6 heteroatoms. The van der Waals surface area contributed by atoms with E-state index in [1.54, 1.807) is 32.4 Å². The normalized spacial score (nSPS) is 10.0. The van der Waals surface area contributed by atoms with Crippen molar-refractivity contribution in [2.75, 3.05) is 14.2 Å². The van der Waals surface area contributed by atoms with Gasteiger partial charge >= 0.3 is 0 Å². The second kappa shape index (κ2) is 8.73. The molecule has 0 radical (unpaired) electrons. The van der Waals surface area contributed by atoms with Gasteiger partial charge in [0.05, 0.1) is 14.2 Å². The van der Waals surface area contributed by atoms with Gasteiger partial charge in [0.1, 0.15) is 11.5 Å². The summed E-state index contributed by atoms with van der Waals surface area (Å²) in [4.78, 5) is 23.9. The average Bonchev–Trinajstić information content (AvgIpc) is 2.64. The summed E-state index contributed by atoms with van der Waals surface area (Å²) in [5, 5.41) is 0. The first kappa shape index (κ1) is 18.3. The van der Waals surface area contributed by atoms with Gasteiger partial charge in [-0.2, -0.15) is 0 Å². The first-order chi connectivity index (χ1) is 12.0. The number of hydrogen-bond donors (Lipinski definition) is 2. The molecule has 0 aliphatic rings. The lowest BCUT2D eigenvalue weighted by Gasteiger charge is -2.10. The maximum atomic E-state index is 11.9. The van der Waals surface area contributed by atoms with Gasteiger partial charge in [0, 0.05) is 18.1 Å². The largest absolute Gasteiger partial charge is 0.497 e. The Morgan fingerprint density at radius 2 is 1.52 bits per heavy atom. The lowest BCUT2D eigenvalue weighted by Crippen LogP contribution is -2.41. The van der Waals surface area contributed by atoms with Crippen molar-refractivity contribution < 1.29 is 19.1 Å². The summed E-state index contributed by atoms with van der Waals surface area (Å²) in [5.74, 6) is 0.712. The average molecular weight is 342 g/mol. The van der Waals surface area contributed by atoms with Crippen LogP contribution < -0.4 is 20.3 Å². The number of carbonyl (C=O) groups is 2. The van der Waals surface area contributed by atoms with E-state index < -0.39 is 0 Å². The number of benzene rings is 2. The van der Waals surface area contributed by atoms with Crippen LogP contribution >= 0.6 is 0 Å². The highest BCUT2D eigenvalue weighted by Gasteiger charge is 2.08. The molecule has 0 aliphatic heterocycles. The molecular weight excluding hydrogens is 320 g/mol. The maximum absolute atomic E-state index is 11.9. The third-order valence-corrected chi connectivity index (χ3v) is 3.68.